The number of aryl methyl sites for hydroxylation is 1. The molecule has 174 valence electrons. The van der Waals surface area contributed by atoms with Crippen molar-refractivity contribution in [2.24, 2.45) is 9.98 Å². The van der Waals surface area contributed by atoms with Crippen LogP contribution in [0, 0.1) is 0 Å². The van der Waals surface area contributed by atoms with Gasteiger partial charge in [-0.1, -0.05) is 37.3 Å². The summed E-state index contributed by atoms with van der Waals surface area (Å²) in [7, 11) is 2.72. The highest BCUT2D eigenvalue weighted by atomic mass is 16.5. The van der Waals surface area contributed by atoms with E-state index in [-0.39, 0.29) is 11.9 Å². The van der Waals surface area contributed by atoms with Crippen LogP contribution in [0.1, 0.15) is 46.0 Å². The van der Waals surface area contributed by atoms with Gasteiger partial charge in [0.15, 0.2) is 0 Å². The Morgan fingerprint density at radius 1 is 0.676 bits per heavy atom. The van der Waals surface area contributed by atoms with Gasteiger partial charge in [0, 0.05) is 0 Å². The lowest BCUT2D eigenvalue weighted by Gasteiger charge is -2.10. The summed E-state index contributed by atoms with van der Waals surface area (Å²) < 4.78 is 9.54. The zero-order chi connectivity index (χ0) is 24.3. The Labute approximate surface area is 200 Å². The van der Waals surface area contributed by atoms with Crippen molar-refractivity contribution in [3.63, 3.8) is 0 Å². The molecule has 3 aromatic carbocycles. The van der Waals surface area contributed by atoms with Crippen LogP contribution in [-0.2, 0) is 15.9 Å². The van der Waals surface area contributed by atoms with Crippen LogP contribution in [-0.4, -0.2) is 37.6 Å². The number of hydrogen-bond donors (Lipinski definition) is 0. The zero-order valence-electron chi connectivity index (χ0n) is 19.7. The molecule has 0 bridgehead atoms. The van der Waals surface area contributed by atoms with Crippen molar-refractivity contribution in [1.29, 1.82) is 0 Å². The molecule has 0 aliphatic carbocycles. The molecule has 0 fully saturated rings. The second kappa shape index (κ2) is 12.3. The number of hydrogen-bond acceptors (Lipinski definition) is 6. The summed E-state index contributed by atoms with van der Waals surface area (Å²) in [6, 6.07) is 24.2. The lowest BCUT2D eigenvalue weighted by molar-refractivity contribution is 0.0592. The number of carbonyl (C=O) groups excluding carboxylic acids is 2. The van der Waals surface area contributed by atoms with E-state index in [0.29, 0.717) is 24.0 Å². The van der Waals surface area contributed by atoms with Crippen LogP contribution >= 0.6 is 0 Å². The normalized spacial score (nSPS) is 11.7. The van der Waals surface area contributed by atoms with E-state index < -0.39 is 0 Å². The van der Waals surface area contributed by atoms with Crippen LogP contribution in [0.5, 0.6) is 0 Å². The van der Waals surface area contributed by atoms with Gasteiger partial charge in [0.25, 0.3) is 0 Å². The Morgan fingerprint density at radius 3 is 1.59 bits per heavy atom. The summed E-state index contributed by atoms with van der Waals surface area (Å²) in [6.45, 7) is 2.04. The van der Waals surface area contributed by atoms with Crippen molar-refractivity contribution in [2.45, 2.75) is 26.2 Å². The summed E-state index contributed by atoms with van der Waals surface area (Å²) in [4.78, 5) is 33.2. The van der Waals surface area contributed by atoms with Gasteiger partial charge in [-0.3, -0.25) is 9.98 Å². The maximum atomic E-state index is 11.7. The van der Waals surface area contributed by atoms with E-state index in [9.17, 15) is 9.59 Å². The summed E-state index contributed by atoms with van der Waals surface area (Å²) in [6.07, 6.45) is 2.21. The third kappa shape index (κ3) is 6.72. The molecule has 0 N–H and O–H groups in total. The van der Waals surface area contributed by atoms with Gasteiger partial charge in [0.2, 0.25) is 0 Å². The number of methoxy groups -OCH3 is 2. The van der Waals surface area contributed by atoms with Crippen LogP contribution in [0.3, 0.4) is 0 Å². The molecule has 3 rings (SSSR count). The van der Waals surface area contributed by atoms with Gasteiger partial charge < -0.3 is 9.47 Å². The Hall–Kier alpha value is -4.06. The van der Waals surface area contributed by atoms with E-state index >= 15 is 0 Å². The van der Waals surface area contributed by atoms with Gasteiger partial charge >= 0.3 is 11.9 Å². The van der Waals surface area contributed by atoms with Crippen molar-refractivity contribution < 1.29 is 19.1 Å². The lowest BCUT2D eigenvalue weighted by Crippen LogP contribution is -2.14. The largest absolute Gasteiger partial charge is 0.465 e. The van der Waals surface area contributed by atoms with Crippen LogP contribution < -0.4 is 0 Å². The first kappa shape index (κ1) is 24.6. The van der Waals surface area contributed by atoms with Crippen molar-refractivity contribution >= 4 is 34.7 Å². The Balaban J connectivity index is 1.93. The molecule has 6 nitrogen and oxygen atoms in total. The van der Waals surface area contributed by atoms with Crippen molar-refractivity contribution in [1.82, 2.24) is 0 Å². The molecule has 0 aliphatic heterocycles. The quantitative estimate of drug-likeness (QED) is 0.286. The number of benzene rings is 3. The molecule has 0 aromatic heterocycles. The fourth-order valence-electron chi connectivity index (χ4n) is 3.41. The predicted octanol–water partition coefficient (Wildman–Crippen LogP) is 6.15. The van der Waals surface area contributed by atoms with Crippen molar-refractivity contribution in [3.8, 4) is 0 Å². The van der Waals surface area contributed by atoms with Crippen LogP contribution in [0.4, 0.5) is 11.4 Å². The molecular formula is C28H28N2O4. The molecule has 34 heavy (non-hydrogen) atoms. The smallest absolute Gasteiger partial charge is 0.337 e. The molecule has 6 heteroatoms. The monoisotopic (exact) mass is 456 g/mol. The predicted molar refractivity (Wildman–Crippen MR) is 135 cm³/mol. The number of esters is 2. The zero-order valence-corrected chi connectivity index (χ0v) is 19.7. The van der Waals surface area contributed by atoms with Crippen LogP contribution in [0.15, 0.2) is 88.8 Å². The molecule has 0 saturated carbocycles. The van der Waals surface area contributed by atoms with Gasteiger partial charge in [-0.25, -0.2) is 9.59 Å². The van der Waals surface area contributed by atoms with Gasteiger partial charge in [-0.05, 0) is 73.4 Å². The van der Waals surface area contributed by atoms with E-state index in [1.807, 2.05) is 25.1 Å². The summed E-state index contributed by atoms with van der Waals surface area (Å²) in [5.74, 6) is -0.766. The Morgan fingerprint density at radius 2 is 1.15 bits per heavy atom. The van der Waals surface area contributed by atoms with E-state index in [1.54, 1.807) is 48.5 Å². The molecular weight excluding hydrogens is 428 g/mol. The highest BCUT2D eigenvalue weighted by Gasteiger charge is 2.11. The maximum Gasteiger partial charge on any atom is 0.337 e. The molecule has 0 heterocycles. The first-order chi connectivity index (χ1) is 16.5. The lowest BCUT2D eigenvalue weighted by atomic mass is 10.0. The fraction of sp³-hybridized carbons (Fsp3) is 0.214. The number of aliphatic imine (C=N–C) groups is 2. The SMILES string of the molecule is CCC(=Nc1ccc(C(=O)OC)cc1)C(CCc1ccccc1)=Nc1ccc(C(=O)OC)cc1. The average Bonchev–Trinajstić information content (AvgIpc) is 2.90. The highest BCUT2D eigenvalue weighted by Crippen LogP contribution is 2.20. The first-order valence-corrected chi connectivity index (χ1v) is 11.1. The van der Waals surface area contributed by atoms with E-state index in [2.05, 4.69) is 12.1 Å². The van der Waals surface area contributed by atoms with Gasteiger partial charge in [-0.15, -0.1) is 0 Å². The number of rotatable bonds is 9. The number of ether oxygens (including phenoxy) is 2. The van der Waals surface area contributed by atoms with Gasteiger partial charge in [0.1, 0.15) is 0 Å². The maximum absolute atomic E-state index is 11.7. The molecule has 0 spiro atoms. The third-order valence-corrected chi connectivity index (χ3v) is 5.27. The first-order valence-electron chi connectivity index (χ1n) is 11.1. The van der Waals surface area contributed by atoms with Crippen molar-refractivity contribution in [2.75, 3.05) is 14.2 Å². The summed E-state index contributed by atoms with van der Waals surface area (Å²) >= 11 is 0. The standard InChI is InChI=1S/C28H28N2O4/c1-4-25(29-23-15-11-21(12-16-23)27(31)33-2)26(19-10-20-8-6-5-7-9-20)30-24-17-13-22(14-18-24)28(32)34-3/h5-9,11-18H,4,10,19H2,1-3H3. The Kier molecular flexibility index (Phi) is 8.86. The van der Waals surface area contributed by atoms with E-state index in [4.69, 9.17) is 19.5 Å². The minimum atomic E-state index is -0.383. The molecule has 3 aromatic rings. The molecule has 0 saturated heterocycles. The summed E-state index contributed by atoms with van der Waals surface area (Å²) in [5, 5.41) is 0. The topological polar surface area (TPSA) is 77.3 Å². The third-order valence-electron chi connectivity index (χ3n) is 5.27. The molecule has 0 radical (unpaired) electrons. The number of carbonyl (C=O) groups is 2. The fourth-order valence-corrected chi connectivity index (χ4v) is 3.41. The second-order valence-corrected chi connectivity index (χ2v) is 7.53. The Bertz CT molecular complexity index is 1170. The minimum Gasteiger partial charge on any atom is -0.465 e. The summed E-state index contributed by atoms with van der Waals surface area (Å²) in [5.41, 5.74) is 5.36. The van der Waals surface area contributed by atoms with Crippen molar-refractivity contribution in [3.05, 3.63) is 95.6 Å². The van der Waals surface area contributed by atoms with Gasteiger partial charge in [-0.2, -0.15) is 0 Å². The molecule has 0 aliphatic rings. The second-order valence-electron chi connectivity index (χ2n) is 7.53. The molecule has 0 unspecified atom stereocenters. The highest BCUT2D eigenvalue weighted by molar-refractivity contribution is 6.43. The van der Waals surface area contributed by atoms with Crippen LogP contribution in [0.25, 0.3) is 0 Å². The van der Waals surface area contributed by atoms with Gasteiger partial charge in [0.05, 0.1) is 48.1 Å². The van der Waals surface area contributed by atoms with E-state index in [0.717, 1.165) is 29.2 Å². The van der Waals surface area contributed by atoms with Crippen LogP contribution in [0.2, 0.25) is 0 Å². The minimum absolute atomic E-state index is 0.383. The molecule has 0 atom stereocenters. The average molecular weight is 457 g/mol. The number of nitrogens with zero attached hydrogens (tertiary/aromatic N) is 2. The molecule has 0 amide bonds. The van der Waals surface area contributed by atoms with E-state index in [1.165, 1.54) is 19.8 Å².